The number of rotatable bonds is 5. The van der Waals surface area contributed by atoms with Crippen LogP contribution in [0.1, 0.15) is 62.8 Å². The molecule has 1 aliphatic rings. The van der Waals surface area contributed by atoms with Gasteiger partial charge in [0.1, 0.15) is 11.4 Å². The lowest BCUT2D eigenvalue weighted by Crippen LogP contribution is -2.46. The molecule has 0 bridgehead atoms. The average molecular weight is 413 g/mol. The summed E-state index contributed by atoms with van der Waals surface area (Å²) in [6, 6.07) is 13.2. The molecule has 0 heterocycles. The molecule has 0 saturated heterocycles. The summed E-state index contributed by atoms with van der Waals surface area (Å²) in [5.41, 5.74) is 2.21. The largest absolute Gasteiger partial charge is 0.444 e. The van der Waals surface area contributed by atoms with Gasteiger partial charge >= 0.3 is 6.09 Å². The van der Waals surface area contributed by atoms with E-state index in [0.29, 0.717) is 12.8 Å². The maximum atomic E-state index is 13.3. The Kier molecular flexibility index (Phi) is 6.44. The van der Waals surface area contributed by atoms with E-state index in [1.807, 2.05) is 52.0 Å². The van der Waals surface area contributed by atoms with Crippen molar-refractivity contribution in [2.24, 2.45) is 0 Å². The standard InChI is InChI=1S/C24H29FN2O3/c1-5-18(15-10-12-17(25)13-11-15)22(28)26-20-14-16-8-6-7-9-19(16)21(20)27-23(29)30-24(2,3)4/h6-13,18,20-21H,5,14H2,1-4H3,(H,26,28)(H,27,29)/t18?,20-,21?/m0/s1. The highest BCUT2D eigenvalue weighted by molar-refractivity contribution is 5.84. The van der Waals surface area contributed by atoms with Crippen molar-refractivity contribution < 1.29 is 18.7 Å². The topological polar surface area (TPSA) is 67.4 Å². The Balaban J connectivity index is 1.78. The first-order valence-corrected chi connectivity index (χ1v) is 10.3. The van der Waals surface area contributed by atoms with Crippen molar-refractivity contribution in [1.82, 2.24) is 10.6 Å². The molecule has 0 fully saturated rings. The predicted octanol–water partition coefficient (Wildman–Crippen LogP) is 4.63. The Labute approximate surface area is 177 Å². The van der Waals surface area contributed by atoms with Gasteiger partial charge in [0.15, 0.2) is 0 Å². The van der Waals surface area contributed by atoms with Crippen LogP contribution in [0.2, 0.25) is 0 Å². The summed E-state index contributed by atoms with van der Waals surface area (Å²) in [7, 11) is 0. The molecule has 0 aromatic heterocycles. The molecule has 0 spiro atoms. The van der Waals surface area contributed by atoms with Crippen LogP contribution >= 0.6 is 0 Å². The number of amides is 2. The second kappa shape index (κ2) is 8.86. The highest BCUT2D eigenvalue weighted by Gasteiger charge is 2.36. The number of carbonyl (C=O) groups excluding carboxylic acids is 2. The number of hydrogen-bond acceptors (Lipinski definition) is 3. The van der Waals surface area contributed by atoms with Gasteiger partial charge in [-0.25, -0.2) is 9.18 Å². The van der Waals surface area contributed by atoms with Crippen LogP contribution in [-0.4, -0.2) is 23.6 Å². The lowest BCUT2D eigenvalue weighted by atomic mass is 9.95. The molecule has 2 amide bonds. The second-order valence-corrected chi connectivity index (χ2v) is 8.65. The van der Waals surface area contributed by atoms with Crippen LogP contribution in [0.4, 0.5) is 9.18 Å². The molecule has 3 atom stereocenters. The molecule has 0 aliphatic heterocycles. The van der Waals surface area contributed by atoms with Crippen LogP contribution in [0.3, 0.4) is 0 Å². The van der Waals surface area contributed by atoms with E-state index < -0.39 is 17.6 Å². The van der Waals surface area contributed by atoms with Crippen molar-refractivity contribution >= 4 is 12.0 Å². The summed E-state index contributed by atoms with van der Waals surface area (Å²) >= 11 is 0. The lowest BCUT2D eigenvalue weighted by molar-refractivity contribution is -0.123. The molecule has 5 nitrogen and oxygen atoms in total. The van der Waals surface area contributed by atoms with Crippen molar-refractivity contribution in [3.05, 3.63) is 71.0 Å². The fraction of sp³-hybridized carbons (Fsp3) is 0.417. The summed E-state index contributed by atoms with van der Waals surface area (Å²) < 4.78 is 18.7. The van der Waals surface area contributed by atoms with Gasteiger partial charge in [-0.1, -0.05) is 43.3 Å². The molecule has 160 valence electrons. The molecule has 2 aromatic carbocycles. The van der Waals surface area contributed by atoms with Gasteiger partial charge in [-0.2, -0.15) is 0 Å². The first kappa shape index (κ1) is 21.8. The van der Waals surface area contributed by atoms with Crippen molar-refractivity contribution in [3.8, 4) is 0 Å². The Bertz CT molecular complexity index is 905. The van der Waals surface area contributed by atoms with Gasteiger partial charge in [0.05, 0.1) is 18.0 Å². The zero-order chi connectivity index (χ0) is 21.9. The van der Waals surface area contributed by atoms with E-state index in [1.165, 1.54) is 12.1 Å². The quantitative estimate of drug-likeness (QED) is 0.753. The first-order valence-electron chi connectivity index (χ1n) is 10.3. The van der Waals surface area contributed by atoms with Gasteiger partial charge < -0.3 is 15.4 Å². The molecule has 30 heavy (non-hydrogen) atoms. The SMILES string of the molecule is CCC(C(=O)N[C@H]1Cc2ccccc2C1NC(=O)OC(C)(C)C)c1ccc(F)cc1. The lowest BCUT2D eigenvalue weighted by Gasteiger charge is -2.27. The van der Waals surface area contributed by atoms with Crippen LogP contribution in [0.25, 0.3) is 0 Å². The van der Waals surface area contributed by atoms with E-state index in [0.717, 1.165) is 16.7 Å². The highest BCUT2D eigenvalue weighted by atomic mass is 19.1. The van der Waals surface area contributed by atoms with Gasteiger partial charge in [0.25, 0.3) is 0 Å². The summed E-state index contributed by atoms with van der Waals surface area (Å²) in [4.78, 5) is 25.5. The maximum absolute atomic E-state index is 13.3. The second-order valence-electron chi connectivity index (χ2n) is 8.65. The molecule has 3 rings (SSSR count). The van der Waals surface area contributed by atoms with E-state index in [9.17, 15) is 14.0 Å². The van der Waals surface area contributed by atoms with Crippen molar-refractivity contribution in [3.63, 3.8) is 0 Å². The average Bonchev–Trinajstić information content (AvgIpc) is 2.99. The van der Waals surface area contributed by atoms with Crippen LogP contribution in [-0.2, 0) is 16.0 Å². The first-order chi connectivity index (χ1) is 14.2. The van der Waals surface area contributed by atoms with E-state index in [1.54, 1.807) is 12.1 Å². The molecule has 2 unspecified atom stereocenters. The summed E-state index contributed by atoms with van der Waals surface area (Å²) in [6.07, 6.45) is 0.679. The Morgan fingerprint density at radius 2 is 1.77 bits per heavy atom. The van der Waals surface area contributed by atoms with Crippen molar-refractivity contribution in [2.75, 3.05) is 0 Å². The minimum Gasteiger partial charge on any atom is -0.444 e. The van der Waals surface area contributed by atoms with Crippen LogP contribution in [0.15, 0.2) is 48.5 Å². The fourth-order valence-electron chi connectivity index (χ4n) is 3.89. The number of hydrogen-bond donors (Lipinski definition) is 2. The molecule has 1 aliphatic carbocycles. The fourth-order valence-corrected chi connectivity index (χ4v) is 3.89. The number of ether oxygens (including phenoxy) is 1. The minimum absolute atomic E-state index is 0.141. The summed E-state index contributed by atoms with van der Waals surface area (Å²) in [6.45, 7) is 7.35. The number of fused-ring (bicyclic) bond motifs is 1. The number of halogens is 1. The highest BCUT2D eigenvalue weighted by Crippen LogP contribution is 2.32. The monoisotopic (exact) mass is 412 g/mol. The normalized spacial score (nSPS) is 19.0. The van der Waals surface area contributed by atoms with Crippen LogP contribution in [0.5, 0.6) is 0 Å². The van der Waals surface area contributed by atoms with E-state index in [2.05, 4.69) is 10.6 Å². The summed E-state index contributed by atoms with van der Waals surface area (Å²) in [5.74, 6) is -0.865. The van der Waals surface area contributed by atoms with Gasteiger partial charge in [-0.3, -0.25) is 4.79 Å². The van der Waals surface area contributed by atoms with Crippen molar-refractivity contribution in [2.45, 2.75) is 64.1 Å². The third kappa shape index (κ3) is 5.17. The third-order valence-corrected chi connectivity index (χ3v) is 5.23. The zero-order valence-corrected chi connectivity index (χ0v) is 17.9. The van der Waals surface area contributed by atoms with Crippen molar-refractivity contribution in [1.29, 1.82) is 0 Å². The Hall–Kier alpha value is -2.89. The molecule has 2 aromatic rings. The van der Waals surface area contributed by atoms with Gasteiger partial charge in [0, 0.05) is 0 Å². The summed E-state index contributed by atoms with van der Waals surface area (Å²) in [5, 5.41) is 6.03. The Morgan fingerprint density at radius 1 is 1.10 bits per heavy atom. The van der Waals surface area contributed by atoms with E-state index >= 15 is 0 Å². The van der Waals surface area contributed by atoms with E-state index in [-0.39, 0.29) is 23.8 Å². The van der Waals surface area contributed by atoms with Gasteiger partial charge in [0.2, 0.25) is 5.91 Å². The third-order valence-electron chi connectivity index (χ3n) is 5.23. The Morgan fingerprint density at radius 3 is 2.40 bits per heavy atom. The molecular weight excluding hydrogens is 383 g/mol. The molecule has 2 N–H and O–H groups in total. The predicted molar refractivity (Wildman–Crippen MR) is 114 cm³/mol. The molecular formula is C24H29FN2O3. The smallest absolute Gasteiger partial charge is 0.408 e. The molecule has 0 radical (unpaired) electrons. The zero-order valence-electron chi connectivity index (χ0n) is 17.9. The number of alkyl carbamates (subject to hydrolysis) is 1. The number of nitrogens with one attached hydrogen (secondary N) is 2. The molecule has 6 heteroatoms. The van der Waals surface area contributed by atoms with Gasteiger partial charge in [-0.05, 0) is 62.4 Å². The number of carbonyl (C=O) groups is 2. The maximum Gasteiger partial charge on any atom is 0.408 e. The van der Waals surface area contributed by atoms with E-state index in [4.69, 9.17) is 4.74 Å². The number of benzene rings is 2. The van der Waals surface area contributed by atoms with Gasteiger partial charge in [-0.15, -0.1) is 0 Å². The molecule has 0 saturated carbocycles. The minimum atomic E-state index is -0.614. The van der Waals surface area contributed by atoms with Crippen LogP contribution < -0.4 is 10.6 Å². The van der Waals surface area contributed by atoms with Crippen LogP contribution in [0, 0.1) is 5.82 Å².